The van der Waals surface area contributed by atoms with Crippen LogP contribution in [0.15, 0.2) is 54.7 Å². The van der Waals surface area contributed by atoms with Gasteiger partial charge in [-0.2, -0.15) is 0 Å². The normalized spacial score (nSPS) is 19.7. The molecule has 2 aliphatic heterocycles. The second-order valence-electron chi connectivity index (χ2n) is 8.16. The highest BCUT2D eigenvalue weighted by Crippen LogP contribution is 2.36. The van der Waals surface area contributed by atoms with E-state index in [-0.39, 0.29) is 18.4 Å². The smallest absolute Gasteiger partial charge is 0.328 e. The third-order valence-electron chi connectivity index (χ3n) is 6.21. The van der Waals surface area contributed by atoms with Gasteiger partial charge in [0.25, 0.3) is 5.91 Å². The van der Waals surface area contributed by atoms with Crippen molar-refractivity contribution in [1.29, 1.82) is 0 Å². The minimum Gasteiger partial charge on any atom is -0.467 e. The standard InChI is InChI=1S/C24H25N3O5/c1-15(27-14-24(31-9-10-32-24)12-21(27)23(29)30-2)13-25-22(28)16-7-8-18-17-5-3-4-6-19(17)26-20(18)11-16/h3-8,11,21,26H,1,9-10,12-14H2,2H3,(H,25,28)/t21-/m0/s1. The van der Waals surface area contributed by atoms with Crippen LogP contribution in [0.1, 0.15) is 16.8 Å². The van der Waals surface area contributed by atoms with E-state index in [2.05, 4.69) is 22.9 Å². The second-order valence-corrected chi connectivity index (χ2v) is 8.16. The molecule has 2 aliphatic rings. The summed E-state index contributed by atoms with van der Waals surface area (Å²) >= 11 is 0. The number of nitrogens with zero attached hydrogens (tertiary/aromatic N) is 1. The molecule has 8 nitrogen and oxygen atoms in total. The summed E-state index contributed by atoms with van der Waals surface area (Å²) in [6.07, 6.45) is 0.365. The molecule has 1 aromatic heterocycles. The maximum atomic E-state index is 12.8. The van der Waals surface area contributed by atoms with Gasteiger partial charge in [0.1, 0.15) is 6.04 Å². The number of methoxy groups -OCH3 is 1. The van der Waals surface area contributed by atoms with Gasteiger partial charge in [-0.1, -0.05) is 30.8 Å². The number of amides is 1. The van der Waals surface area contributed by atoms with E-state index in [0.29, 0.717) is 37.4 Å². The van der Waals surface area contributed by atoms with E-state index < -0.39 is 11.8 Å². The fourth-order valence-electron chi connectivity index (χ4n) is 4.61. The molecule has 3 aromatic rings. The van der Waals surface area contributed by atoms with Crippen molar-refractivity contribution in [2.75, 3.05) is 33.4 Å². The summed E-state index contributed by atoms with van der Waals surface area (Å²) in [5, 5.41) is 5.09. The zero-order valence-electron chi connectivity index (χ0n) is 17.8. The maximum absolute atomic E-state index is 12.8. The SMILES string of the molecule is C=C(CNC(=O)c1ccc2c(c1)[nH]c1ccccc12)N1CC2(C[C@H]1C(=O)OC)OCCO2. The number of carbonyl (C=O) groups is 2. The fourth-order valence-corrected chi connectivity index (χ4v) is 4.61. The molecular weight excluding hydrogens is 410 g/mol. The number of carbonyl (C=O) groups excluding carboxylic acids is 2. The molecule has 1 spiro atoms. The molecule has 1 amide bonds. The van der Waals surface area contributed by atoms with Gasteiger partial charge >= 0.3 is 5.97 Å². The van der Waals surface area contributed by atoms with Crippen LogP contribution in [0.5, 0.6) is 0 Å². The van der Waals surface area contributed by atoms with Crippen LogP contribution in [0.2, 0.25) is 0 Å². The van der Waals surface area contributed by atoms with E-state index in [1.165, 1.54) is 7.11 Å². The number of aromatic amines is 1. The molecule has 3 heterocycles. The summed E-state index contributed by atoms with van der Waals surface area (Å²) in [7, 11) is 1.35. The van der Waals surface area contributed by atoms with Crippen molar-refractivity contribution in [3.8, 4) is 0 Å². The number of benzene rings is 2. The first-order valence-electron chi connectivity index (χ1n) is 10.6. The Bertz CT molecular complexity index is 1210. The summed E-state index contributed by atoms with van der Waals surface area (Å²) in [5.41, 5.74) is 3.07. The molecule has 5 rings (SSSR count). The van der Waals surface area contributed by atoms with Crippen molar-refractivity contribution in [3.05, 3.63) is 60.3 Å². The molecule has 32 heavy (non-hydrogen) atoms. The molecule has 2 saturated heterocycles. The number of aromatic nitrogens is 1. The van der Waals surface area contributed by atoms with Crippen LogP contribution in [-0.2, 0) is 19.0 Å². The van der Waals surface area contributed by atoms with Gasteiger partial charge < -0.3 is 29.4 Å². The van der Waals surface area contributed by atoms with Gasteiger partial charge in [0.05, 0.1) is 33.4 Å². The Morgan fingerprint density at radius 2 is 1.94 bits per heavy atom. The molecule has 2 N–H and O–H groups in total. The number of rotatable bonds is 5. The van der Waals surface area contributed by atoms with Crippen molar-refractivity contribution in [3.63, 3.8) is 0 Å². The van der Waals surface area contributed by atoms with E-state index in [1.54, 1.807) is 4.90 Å². The molecule has 0 bridgehead atoms. The average Bonchev–Trinajstić information content (AvgIpc) is 3.53. The lowest BCUT2D eigenvalue weighted by Gasteiger charge is -2.27. The van der Waals surface area contributed by atoms with Gasteiger partial charge in [-0.15, -0.1) is 0 Å². The number of ether oxygens (including phenoxy) is 3. The van der Waals surface area contributed by atoms with Crippen LogP contribution in [0.3, 0.4) is 0 Å². The Balaban J connectivity index is 1.29. The first-order valence-corrected chi connectivity index (χ1v) is 10.6. The number of H-pyrrole nitrogens is 1. The number of likely N-dealkylation sites (tertiary alicyclic amines) is 1. The van der Waals surface area contributed by atoms with Crippen molar-refractivity contribution in [1.82, 2.24) is 15.2 Å². The molecular formula is C24H25N3O5. The predicted molar refractivity (Wildman–Crippen MR) is 119 cm³/mol. The Hall–Kier alpha value is -3.36. The fraction of sp³-hybridized carbons (Fsp3) is 0.333. The van der Waals surface area contributed by atoms with Crippen molar-refractivity contribution < 1.29 is 23.8 Å². The van der Waals surface area contributed by atoms with Gasteiger partial charge in [0, 0.05) is 39.5 Å². The van der Waals surface area contributed by atoms with Crippen LogP contribution < -0.4 is 5.32 Å². The summed E-state index contributed by atoms with van der Waals surface area (Å²) < 4.78 is 16.5. The van der Waals surface area contributed by atoms with Crippen LogP contribution in [0.4, 0.5) is 0 Å². The van der Waals surface area contributed by atoms with Crippen molar-refractivity contribution in [2.45, 2.75) is 18.2 Å². The van der Waals surface area contributed by atoms with E-state index in [0.717, 1.165) is 21.8 Å². The minimum atomic E-state index is -0.827. The predicted octanol–water partition coefficient (Wildman–Crippen LogP) is 2.56. The van der Waals surface area contributed by atoms with Crippen LogP contribution >= 0.6 is 0 Å². The maximum Gasteiger partial charge on any atom is 0.328 e. The van der Waals surface area contributed by atoms with E-state index in [9.17, 15) is 9.59 Å². The third kappa shape index (κ3) is 3.51. The Morgan fingerprint density at radius 3 is 2.72 bits per heavy atom. The summed E-state index contributed by atoms with van der Waals surface area (Å²) in [5.74, 6) is -1.42. The zero-order valence-corrected chi connectivity index (χ0v) is 17.8. The monoisotopic (exact) mass is 435 g/mol. The number of hydrogen-bond donors (Lipinski definition) is 2. The summed E-state index contributed by atoms with van der Waals surface area (Å²) in [6.45, 7) is 5.61. The molecule has 8 heteroatoms. The number of hydrogen-bond acceptors (Lipinski definition) is 6. The zero-order chi connectivity index (χ0) is 22.3. The van der Waals surface area contributed by atoms with Crippen LogP contribution in [0.25, 0.3) is 21.8 Å². The first kappa shape index (κ1) is 20.5. The first-order chi connectivity index (χ1) is 15.5. The molecule has 2 aromatic carbocycles. The molecule has 166 valence electrons. The van der Waals surface area contributed by atoms with Gasteiger partial charge in [-0.3, -0.25) is 4.79 Å². The molecule has 2 fully saturated rings. The number of fused-ring (bicyclic) bond motifs is 3. The summed E-state index contributed by atoms with van der Waals surface area (Å²) in [4.78, 5) is 30.3. The van der Waals surface area contributed by atoms with Crippen molar-refractivity contribution >= 4 is 33.7 Å². The highest BCUT2D eigenvalue weighted by atomic mass is 16.7. The third-order valence-corrected chi connectivity index (χ3v) is 6.21. The van der Waals surface area contributed by atoms with Crippen LogP contribution in [-0.4, -0.2) is 67.0 Å². The van der Waals surface area contributed by atoms with Gasteiger partial charge in [0.15, 0.2) is 5.79 Å². The highest BCUT2D eigenvalue weighted by Gasteiger charge is 2.51. The van der Waals surface area contributed by atoms with E-state index >= 15 is 0 Å². The molecule has 1 atom stereocenters. The number of nitrogens with one attached hydrogen (secondary N) is 2. The lowest BCUT2D eigenvalue weighted by atomic mass is 10.1. The Morgan fingerprint density at radius 1 is 1.19 bits per heavy atom. The number of esters is 1. The largest absolute Gasteiger partial charge is 0.467 e. The highest BCUT2D eigenvalue weighted by molar-refractivity contribution is 6.09. The topological polar surface area (TPSA) is 92.9 Å². The lowest BCUT2D eigenvalue weighted by molar-refractivity contribution is -0.152. The number of para-hydroxylation sites is 1. The van der Waals surface area contributed by atoms with Gasteiger partial charge in [-0.05, 0) is 18.2 Å². The van der Waals surface area contributed by atoms with E-state index in [1.807, 2.05) is 36.4 Å². The van der Waals surface area contributed by atoms with Crippen molar-refractivity contribution in [2.24, 2.45) is 0 Å². The molecule has 0 saturated carbocycles. The Kier molecular flexibility index (Phi) is 5.11. The van der Waals surface area contributed by atoms with E-state index in [4.69, 9.17) is 14.2 Å². The minimum absolute atomic E-state index is 0.188. The quantitative estimate of drug-likeness (QED) is 0.599. The molecule has 0 aliphatic carbocycles. The average molecular weight is 435 g/mol. The molecule has 0 unspecified atom stereocenters. The van der Waals surface area contributed by atoms with Crippen LogP contribution in [0, 0.1) is 0 Å². The Labute approximate surface area is 185 Å². The summed E-state index contributed by atoms with van der Waals surface area (Å²) in [6, 6.07) is 13.1. The van der Waals surface area contributed by atoms with Gasteiger partial charge in [-0.25, -0.2) is 4.79 Å². The second kappa shape index (κ2) is 7.96. The molecule has 0 radical (unpaired) electrons. The van der Waals surface area contributed by atoms with Gasteiger partial charge in [0.2, 0.25) is 0 Å². The lowest BCUT2D eigenvalue weighted by Crippen LogP contribution is -2.40.